The summed E-state index contributed by atoms with van der Waals surface area (Å²) in [5.41, 5.74) is 7.86. The van der Waals surface area contributed by atoms with Gasteiger partial charge in [-0.25, -0.2) is 10.2 Å². The number of amides is 2. The molecule has 0 rings (SSSR count). The highest BCUT2D eigenvalue weighted by atomic mass is 32.1. The first-order chi connectivity index (χ1) is 5.45. The van der Waals surface area contributed by atoms with Crippen molar-refractivity contribution in [2.45, 2.75) is 26.0 Å². The quantitative estimate of drug-likeness (QED) is 0.346. The zero-order valence-electron chi connectivity index (χ0n) is 7.53. The van der Waals surface area contributed by atoms with Gasteiger partial charge in [-0.2, -0.15) is 17.7 Å². The fraction of sp³-hybridized carbons (Fsp3) is 0.714. The van der Waals surface area contributed by atoms with E-state index >= 15 is 0 Å². The van der Waals surface area contributed by atoms with Crippen molar-refractivity contribution >= 4 is 24.4 Å². The number of carbonyl (C=O) groups is 1. The van der Waals surface area contributed by atoms with Gasteiger partial charge in [0.05, 0.1) is 5.71 Å². The van der Waals surface area contributed by atoms with Crippen LogP contribution in [0.1, 0.15) is 20.8 Å². The molecule has 0 aliphatic rings. The van der Waals surface area contributed by atoms with Crippen molar-refractivity contribution in [3.8, 4) is 0 Å². The molecule has 70 valence electrons. The lowest BCUT2D eigenvalue weighted by Gasteiger charge is -2.12. The lowest BCUT2D eigenvalue weighted by atomic mass is 10.1. The Balaban J connectivity index is 4.29. The highest BCUT2D eigenvalue weighted by Crippen LogP contribution is 2.06. The first-order valence-corrected chi connectivity index (χ1v) is 4.27. The number of nitrogens with two attached hydrogens (primary N) is 1. The Morgan fingerprint density at radius 2 is 2.00 bits per heavy atom. The van der Waals surface area contributed by atoms with Gasteiger partial charge in [0.1, 0.15) is 0 Å². The smallest absolute Gasteiger partial charge is 0.332 e. The topological polar surface area (TPSA) is 67.5 Å². The fourth-order valence-corrected chi connectivity index (χ4v) is 1.18. The molecule has 0 fully saturated rings. The minimum atomic E-state index is -0.651. The molecule has 5 heteroatoms. The molecule has 0 aliphatic carbocycles. The fourth-order valence-electron chi connectivity index (χ4n) is 0.825. The molecule has 2 amide bonds. The van der Waals surface area contributed by atoms with Gasteiger partial charge >= 0.3 is 6.03 Å². The molecular weight excluding hydrogens is 174 g/mol. The highest BCUT2D eigenvalue weighted by molar-refractivity contribution is 7.81. The molecule has 0 aromatic heterocycles. The molecule has 0 aliphatic heterocycles. The van der Waals surface area contributed by atoms with E-state index < -0.39 is 6.03 Å². The summed E-state index contributed by atoms with van der Waals surface area (Å²) in [6.07, 6.45) is 0. The van der Waals surface area contributed by atoms with Crippen molar-refractivity contribution in [1.82, 2.24) is 5.43 Å². The number of hydrazone groups is 1. The van der Waals surface area contributed by atoms with Crippen LogP contribution >= 0.6 is 12.6 Å². The third-order valence-corrected chi connectivity index (χ3v) is 1.58. The SMILES string of the molecule is CC(C)/C(=N/NC(N)=O)C(C)S. The van der Waals surface area contributed by atoms with Crippen molar-refractivity contribution in [2.75, 3.05) is 0 Å². The average Bonchev–Trinajstić information content (AvgIpc) is 1.84. The van der Waals surface area contributed by atoms with Gasteiger partial charge in [0, 0.05) is 5.25 Å². The van der Waals surface area contributed by atoms with Gasteiger partial charge in [-0.1, -0.05) is 13.8 Å². The molecule has 3 N–H and O–H groups in total. The molecule has 12 heavy (non-hydrogen) atoms. The number of hydrogen-bond donors (Lipinski definition) is 3. The normalized spacial score (nSPS) is 14.6. The molecule has 0 saturated heterocycles. The summed E-state index contributed by atoms with van der Waals surface area (Å²) in [4.78, 5) is 10.3. The lowest BCUT2D eigenvalue weighted by Crippen LogP contribution is -2.29. The van der Waals surface area contributed by atoms with Crippen molar-refractivity contribution in [2.24, 2.45) is 16.8 Å². The van der Waals surface area contributed by atoms with Gasteiger partial charge in [0.25, 0.3) is 0 Å². The first kappa shape index (κ1) is 11.3. The monoisotopic (exact) mass is 189 g/mol. The molecule has 0 aromatic carbocycles. The molecule has 0 bridgehead atoms. The summed E-state index contributed by atoms with van der Waals surface area (Å²) in [6, 6.07) is -0.651. The second-order valence-corrected chi connectivity index (χ2v) is 3.62. The van der Waals surface area contributed by atoms with Crippen LogP contribution in [0.3, 0.4) is 0 Å². The van der Waals surface area contributed by atoms with Gasteiger partial charge in [0.2, 0.25) is 0 Å². The standard InChI is InChI=1S/C7H15N3OS/c1-4(2)6(5(3)12)9-10-7(8)11/h4-5,12H,1-3H3,(H3,8,10,11)/b9-6-. The van der Waals surface area contributed by atoms with E-state index in [2.05, 4.69) is 23.2 Å². The Hall–Kier alpha value is -0.710. The number of nitrogens with one attached hydrogen (secondary N) is 1. The van der Waals surface area contributed by atoms with Crippen LogP contribution in [-0.4, -0.2) is 17.0 Å². The first-order valence-electron chi connectivity index (χ1n) is 3.76. The third kappa shape index (κ3) is 4.23. The highest BCUT2D eigenvalue weighted by Gasteiger charge is 2.10. The lowest BCUT2D eigenvalue weighted by molar-refractivity contribution is 0.249. The van der Waals surface area contributed by atoms with E-state index in [1.165, 1.54) is 0 Å². The molecule has 1 unspecified atom stereocenters. The van der Waals surface area contributed by atoms with Gasteiger partial charge in [-0.05, 0) is 12.8 Å². The van der Waals surface area contributed by atoms with Crippen LogP contribution in [-0.2, 0) is 0 Å². The van der Waals surface area contributed by atoms with Crippen LogP contribution in [0.25, 0.3) is 0 Å². The third-order valence-electron chi connectivity index (χ3n) is 1.31. The Morgan fingerprint density at radius 3 is 2.25 bits per heavy atom. The predicted octanol–water partition coefficient (Wildman–Crippen LogP) is 0.985. The van der Waals surface area contributed by atoms with Crippen LogP contribution in [0.15, 0.2) is 5.10 Å². The van der Waals surface area contributed by atoms with Crippen LogP contribution < -0.4 is 11.2 Å². The van der Waals surface area contributed by atoms with Crippen LogP contribution in [0.2, 0.25) is 0 Å². The largest absolute Gasteiger partial charge is 0.350 e. The molecule has 1 atom stereocenters. The van der Waals surface area contributed by atoms with E-state index in [0.29, 0.717) is 0 Å². The predicted molar refractivity (Wildman–Crippen MR) is 53.4 cm³/mol. The van der Waals surface area contributed by atoms with Crippen molar-refractivity contribution in [3.63, 3.8) is 0 Å². The Labute approximate surface area is 78.0 Å². The van der Waals surface area contributed by atoms with Crippen LogP contribution in [0, 0.1) is 5.92 Å². The average molecular weight is 189 g/mol. The zero-order chi connectivity index (χ0) is 9.72. The minimum absolute atomic E-state index is 0.0249. The number of hydrogen-bond acceptors (Lipinski definition) is 3. The Bertz CT molecular complexity index is 179. The van der Waals surface area contributed by atoms with E-state index in [1.54, 1.807) is 0 Å². The van der Waals surface area contributed by atoms with Crippen LogP contribution in [0.4, 0.5) is 4.79 Å². The number of nitrogens with zero attached hydrogens (tertiary/aromatic N) is 1. The van der Waals surface area contributed by atoms with E-state index in [4.69, 9.17) is 5.73 Å². The molecular formula is C7H15N3OS. The number of urea groups is 1. The molecule has 0 radical (unpaired) electrons. The van der Waals surface area contributed by atoms with E-state index in [9.17, 15) is 4.79 Å². The second-order valence-electron chi connectivity index (χ2n) is 2.84. The summed E-state index contributed by atoms with van der Waals surface area (Å²) >= 11 is 4.21. The number of primary amides is 1. The summed E-state index contributed by atoms with van der Waals surface area (Å²) in [7, 11) is 0. The van der Waals surface area contributed by atoms with E-state index in [0.717, 1.165) is 5.71 Å². The maximum absolute atomic E-state index is 10.3. The maximum Gasteiger partial charge on any atom is 0.332 e. The van der Waals surface area contributed by atoms with Crippen molar-refractivity contribution < 1.29 is 4.79 Å². The molecule has 0 spiro atoms. The molecule has 0 saturated carbocycles. The summed E-state index contributed by atoms with van der Waals surface area (Å²) in [5.74, 6) is 0.254. The van der Waals surface area contributed by atoms with Gasteiger partial charge in [-0.3, -0.25) is 0 Å². The maximum atomic E-state index is 10.3. The Kier molecular flexibility index (Phi) is 4.73. The number of thiol groups is 1. The number of rotatable bonds is 3. The van der Waals surface area contributed by atoms with Gasteiger partial charge in [0.15, 0.2) is 0 Å². The number of carbonyl (C=O) groups excluding carboxylic acids is 1. The minimum Gasteiger partial charge on any atom is -0.350 e. The van der Waals surface area contributed by atoms with E-state index in [-0.39, 0.29) is 11.2 Å². The molecule has 4 nitrogen and oxygen atoms in total. The summed E-state index contributed by atoms with van der Waals surface area (Å²) in [6.45, 7) is 5.85. The summed E-state index contributed by atoms with van der Waals surface area (Å²) < 4.78 is 0. The van der Waals surface area contributed by atoms with Crippen molar-refractivity contribution in [3.05, 3.63) is 0 Å². The molecule has 0 aromatic rings. The van der Waals surface area contributed by atoms with Crippen LogP contribution in [0.5, 0.6) is 0 Å². The second kappa shape index (κ2) is 5.03. The summed E-state index contributed by atoms with van der Waals surface area (Å²) in [5, 5.41) is 3.86. The zero-order valence-corrected chi connectivity index (χ0v) is 8.43. The van der Waals surface area contributed by atoms with E-state index in [1.807, 2.05) is 20.8 Å². The Morgan fingerprint density at radius 1 is 1.50 bits per heavy atom. The van der Waals surface area contributed by atoms with Crippen molar-refractivity contribution in [1.29, 1.82) is 0 Å². The van der Waals surface area contributed by atoms with Gasteiger partial charge in [-0.15, -0.1) is 0 Å². The van der Waals surface area contributed by atoms with Gasteiger partial charge < -0.3 is 5.73 Å². The molecule has 0 heterocycles.